The third-order valence-corrected chi connectivity index (χ3v) is 3.89. The topological polar surface area (TPSA) is 75.6 Å². The molecule has 19 heavy (non-hydrogen) atoms. The molecule has 1 aromatic rings. The Morgan fingerprint density at radius 1 is 1.53 bits per heavy atom. The Kier molecular flexibility index (Phi) is 4.38. The summed E-state index contributed by atoms with van der Waals surface area (Å²) in [4.78, 5) is 15.1. The summed E-state index contributed by atoms with van der Waals surface area (Å²) in [6.07, 6.45) is 0. The largest absolute Gasteiger partial charge is 0.359 e. The van der Waals surface area contributed by atoms with Crippen molar-refractivity contribution in [2.45, 2.75) is 6.04 Å². The average molecular weight is 329 g/mol. The lowest BCUT2D eigenvalue weighted by Crippen LogP contribution is -2.55. The number of nitro groups is 1. The molecule has 0 saturated carbocycles. The Morgan fingerprint density at radius 2 is 2.26 bits per heavy atom. The molecule has 1 fully saturated rings. The van der Waals surface area contributed by atoms with E-state index in [1.54, 1.807) is 12.1 Å². The molecule has 1 aliphatic heterocycles. The van der Waals surface area contributed by atoms with Gasteiger partial charge in [-0.05, 0) is 19.2 Å². The molecule has 1 saturated heterocycles. The number of likely N-dealkylation sites (N-methyl/N-ethyl adjacent to an activating group) is 1. The molecule has 0 aliphatic carbocycles. The number of piperazine rings is 1. The van der Waals surface area contributed by atoms with Crippen LogP contribution in [0.15, 0.2) is 22.7 Å². The number of benzene rings is 1. The van der Waals surface area contributed by atoms with Crippen molar-refractivity contribution in [3.8, 4) is 0 Å². The fourth-order valence-electron chi connectivity index (χ4n) is 2.42. The van der Waals surface area contributed by atoms with Gasteiger partial charge in [0.1, 0.15) is 5.69 Å². The van der Waals surface area contributed by atoms with Crippen molar-refractivity contribution in [2.24, 2.45) is 5.73 Å². The SMILES string of the molecule is CN1CCN(c2ccc(Br)cc2[N+](=O)[O-])C(CN)C1. The van der Waals surface area contributed by atoms with Crippen LogP contribution in [-0.4, -0.2) is 49.1 Å². The van der Waals surface area contributed by atoms with Crippen LogP contribution in [0.25, 0.3) is 0 Å². The van der Waals surface area contributed by atoms with Crippen molar-refractivity contribution in [1.29, 1.82) is 0 Å². The second kappa shape index (κ2) is 5.85. The zero-order chi connectivity index (χ0) is 14.0. The van der Waals surface area contributed by atoms with E-state index in [9.17, 15) is 10.1 Å². The minimum absolute atomic E-state index is 0.110. The lowest BCUT2D eigenvalue weighted by Gasteiger charge is -2.40. The van der Waals surface area contributed by atoms with E-state index in [-0.39, 0.29) is 16.7 Å². The van der Waals surface area contributed by atoms with Crippen molar-refractivity contribution < 1.29 is 4.92 Å². The van der Waals surface area contributed by atoms with Crippen LogP contribution in [0.3, 0.4) is 0 Å². The highest BCUT2D eigenvalue weighted by Gasteiger charge is 2.29. The zero-order valence-corrected chi connectivity index (χ0v) is 12.3. The number of nitro benzene ring substituents is 1. The summed E-state index contributed by atoms with van der Waals surface area (Å²) in [5.41, 5.74) is 6.57. The van der Waals surface area contributed by atoms with Gasteiger partial charge in [-0.25, -0.2) is 0 Å². The standard InChI is InChI=1S/C12H17BrN4O2/c1-15-4-5-16(10(7-14)8-15)11-3-2-9(13)6-12(11)17(18)19/h2-3,6,10H,4-5,7-8,14H2,1H3. The monoisotopic (exact) mass is 328 g/mol. The van der Waals surface area contributed by atoms with Crippen LogP contribution in [0.4, 0.5) is 11.4 Å². The first-order valence-corrected chi connectivity index (χ1v) is 6.91. The highest BCUT2D eigenvalue weighted by atomic mass is 79.9. The second-order valence-electron chi connectivity index (χ2n) is 4.74. The van der Waals surface area contributed by atoms with Crippen molar-refractivity contribution in [2.75, 3.05) is 38.1 Å². The molecule has 0 amide bonds. The molecule has 1 aliphatic rings. The summed E-state index contributed by atoms with van der Waals surface area (Å²) in [5, 5.41) is 11.2. The maximum absolute atomic E-state index is 11.2. The molecule has 1 heterocycles. The van der Waals surface area contributed by atoms with Gasteiger partial charge in [-0.1, -0.05) is 15.9 Å². The highest BCUT2D eigenvalue weighted by Crippen LogP contribution is 2.33. The maximum atomic E-state index is 11.2. The summed E-state index contributed by atoms with van der Waals surface area (Å²) in [6, 6.07) is 5.27. The molecule has 2 rings (SSSR count). The van der Waals surface area contributed by atoms with Crippen LogP contribution >= 0.6 is 15.9 Å². The number of hydrogen-bond acceptors (Lipinski definition) is 5. The first-order valence-electron chi connectivity index (χ1n) is 6.12. The van der Waals surface area contributed by atoms with E-state index in [0.29, 0.717) is 16.7 Å². The average Bonchev–Trinajstić information content (AvgIpc) is 2.38. The van der Waals surface area contributed by atoms with Crippen molar-refractivity contribution >= 4 is 27.3 Å². The summed E-state index contributed by atoms with van der Waals surface area (Å²) in [6.45, 7) is 2.94. The first-order chi connectivity index (χ1) is 9.02. The third-order valence-electron chi connectivity index (χ3n) is 3.40. The van der Waals surface area contributed by atoms with Gasteiger partial charge in [0.05, 0.1) is 11.0 Å². The van der Waals surface area contributed by atoms with E-state index in [1.165, 1.54) is 0 Å². The number of nitrogens with zero attached hydrogens (tertiary/aromatic N) is 3. The summed E-state index contributed by atoms with van der Waals surface area (Å²) >= 11 is 3.27. The Hall–Kier alpha value is -1.18. The number of nitrogens with two attached hydrogens (primary N) is 1. The Labute approximate surface area is 120 Å². The summed E-state index contributed by atoms with van der Waals surface area (Å²) in [5.74, 6) is 0. The van der Waals surface area contributed by atoms with Gasteiger partial charge in [0, 0.05) is 36.7 Å². The van der Waals surface area contributed by atoms with Crippen LogP contribution in [0.5, 0.6) is 0 Å². The Balaban J connectivity index is 2.37. The van der Waals surface area contributed by atoms with Crippen LogP contribution in [0, 0.1) is 10.1 Å². The van der Waals surface area contributed by atoms with Gasteiger partial charge in [0.2, 0.25) is 0 Å². The third kappa shape index (κ3) is 3.05. The molecule has 7 heteroatoms. The van der Waals surface area contributed by atoms with E-state index in [4.69, 9.17) is 5.73 Å². The molecule has 2 N–H and O–H groups in total. The van der Waals surface area contributed by atoms with Gasteiger partial charge in [-0.3, -0.25) is 10.1 Å². The number of rotatable bonds is 3. The Bertz CT molecular complexity index is 483. The van der Waals surface area contributed by atoms with Crippen molar-refractivity contribution in [3.05, 3.63) is 32.8 Å². The van der Waals surface area contributed by atoms with Crippen LogP contribution in [0.1, 0.15) is 0 Å². The van der Waals surface area contributed by atoms with E-state index >= 15 is 0 Å². The van der Waals surface area contributed by atoms with Gasteiger partial charge in [0.15, 0.2) is 0 Å². The summed E-state index contributed by atoms with van der Waals surface area (Å²) < 4.78 is 0.710. The lowest BCUT2D eigenvalue weighted by molar-refractivity contribution is -0.384. The van der Waals surface area contributed by atoms with Crippen molar-refractivity contribution in [1.82, 2.24) is 4.90 Å². The van der Waals surface area contributed by atoms with Gasteiger partial charge in [-0.15, -0.1) is 0 Å². The van der Waals surface area contributed by atoms with Crippen molar-refractivity contribution in [3.63, 3.8) is 0 Å². The van der Waals surface area contributed by atoms with Gasteiger partial charge in [-0.2, -0.15) is 0 Å². The number of hydrogen-bond donors (Lipinski definition) is 1. The minimum Gasteiger partial charge on any atom is -0.359 e. The fourth-order valence-corrected chi connectivity index (χ4v) is 2.76. The molecule has 1 atom stereocenters. The van der Waals surface area contributed by atoms with Crippen LogP contribution in [-0.2, 0) is 0 Å². The molecule has 0 aromatic heterocycles. The molecular weight excluding hydrogens is 312 g/mol. The molecule has 0 radical (unpaired) electrons. The zero-order valence-electron chi connectivity index (χ0n) is 10.8. The molecule has 0 spiro atoms. The number of halogens is 1. The van der Waals surface area contributed by atoms with Crippen LogP contribution in [0.2, 0.25) is 0 Å². The fraction of sp³-hybridized carbons (Fsp3) is 0.500. The lowest BCUT2D eigenvalue weighted by atomic mass is 10.1. The maximum Gasteiger partial charge on any atom is 0.293 e. The van der Waals surface area contributed by atoms with Gasteiger partial charge >= 0.3 is 0 Å². The Morgan fingerprint density at radius 3 is 2.89 bits per heavy atom. The van der Waals surface area contributed by atoms with E-state index in [2.05, 4.69) is 20.8 Å². The van der Waals surface area contributed by atoms with E-state index < -0.39 is 0 Å². The predicted molar refractivity (Wildman–Crippen MR) is 78.5 cm³/mol. The van der Waals surface area contributed by atoms with Gasteiger partial charge in [0.25, 0.3) is 5.69 Å². The van der Waals surface area contributed by atoms with Gasteiger partial charge < -0.3 is 15.5 Å². The molecule has 1 unspecified atom stereocenters. The molecule has 6 nitrogen and oxygen atoms in total. The quantitative estimate of drug-likeness (QED) is 0.671. The predicted octanol–water partition coefficient (Wildman–Crippen LogP) is 1.44. The van der Waals surface area contributed by atoms with Crippen LogP contribution < -0.4 is 10.6 Å². The summed E-state index contributed by atoms with van der Waals surface area (Å²) in [7, 11) is 2.04. The normalized spacial score (nSPS) is 20.6. The minimum atomic E-state index is -0.341. The second-order valence-corrected chi connectivity index (χ2v) is 5.65. The number of anilines is 1. The molecule has 104 valence electrons. The smallest absolute Gasteiger partial charge is 0.293 e. The molecular formula is C12H17BrN4O2. The van der Waals surface area contributed by atoms with E-state index in [1.807, 2.05) is 18.0 Å². The highest BCUT2D eigenvalue weighted by molar-refractivity contribution is 9.10. The molecule has 1 aromatic carbocycles. The van der Waals surface area contributed by atoms with E-state index in [0.717, 1.165) is 19.6 Å². The first kappa shape index (κ1) is 14.2. The molecule has 0 bridgehead atoms.